The molecule has 0 radical (unpaired) electrons. The molecule has 0 fully saturated rings. The van der Waals surface area contributed by atoms with Gasteiger partial charge in [-0.2, -0.15) is 0 Å². The minimum absolute atomic E-state index is 0.0605. The van der Waals surface area contributed by atoms with Crippen LogP contribution < -0.4 is 15.4 Å². The molecule has 0 atom stereocenters. The summed E-state index contributed by atoms with van der Waals surface area (Å²) in [5.41, 5.74) is 1.32. The number of ether oxygens (including phenoxy) is 1. The monoisotopic (exact) mass is 375 g/mol. The van der Waals surface area contributed by atoms with Gasteiger partial charge in [-0.15, -0.1) is 0 Å². The molecule has 0 saturated carbocycles. The Morgan fingerprint density at radius 2 is 1.81 bits per heavy atom. The number of rotatable bonds is 8. The van der Waals surface area contributed by atoms with Crippen LogP contribution in [0, 0.1) is 0 Å². The fourth-order valence-electron chi connectivity index (χ4n) is 2.20. The third-order valence-electron chi connectivity index (χ3n) is 3.56. The SMILES string of the molecule is CCOc1ccc(NCC(=O)N(C)CC(=O)Nc2ccccc2Cl)cc1. The predicted molar refractivity (Wildman–Crippen MR) is 104 cm³/mol. The second-order valence-corrected chi connectivity index (χ2v) is 6.00. The van der Waals surface area contributed by atoms with Crippen LogP contribution in [-0.4, -0.2) is 43.5 Å². The van der Waals surface area contributed by atoms with Gasteiger partial charge in [-0.3, -0.25) is 9.59 Å². The highest BCUT2D eigenvalue weighted by atomic mass is 35.5. The van der Waals surface area contributed by atoms with Gasteiger partial charge in [0.25, 0.3) is 0 Å². The lowest BCUT2D eigenvalue weighted by Crippen LogP contribution is -2.38. The summed E-state index contributed by atoms with van der Waals surface area (Å²) in [5.74, 6) is 0.265. The molecule has 26 heavy (non-hydrogen) atoms. The number of nitrogens with one attached hydrogen (secondary N) is 2. The minimum Gasteiger partial charge on any atom is -0.494 e. The highest BCUT2D eigenvalue weighted by Crippen LogP contribution is 2.20. The Balaban J connectivity index is 1.79. The molecule has 0 unspecified atom stereocenters. The van der Waals surface area contributed by atoms with Gasteiger partial charge in [-0.25, -0.2) is 0 Å². The summed E-state index contributed by atoms with van der Waals surface area (Å²) in [4.78, 5) is 25.6. The fraction of sp³-hybridized carbons (Fsp3) is 0.263. The van der Waals surface area contributed by atoms with E-state index in [2.05, 4.69) is 10.6 Å². The molecule has 0 heterocycles. The number of carbonyl (C=O) groups is 2. The highest BCUT2D eigenvalue weighted by molar-refractivity contribution is 6.33. The first kappa shape index (κ1) is 19.6. The smallest absolute Gasteiger partial charge is 0.244 e. The molecule has 0 aliphatic rings. The first-order valence-electron chi connectivity index (χ1n) is 8.24. The van der Waals surface area contributed by atoms with E-state index in [1.54, 1.807) is 31.3 Å². The first-order valence-corrected chi connectivity index (χ1v) is 8.62. The van der Waals surface area contributed by atoms with Crippen LogP contribution in [0.3, 0.4) is 0 Å². The highest BCUT2D eigenvalue weighted by Gasteiger charge is 2.13. The van der Waals surface area contributed by atoms with Crippen LogP contribution in [0.4, 0.5) is 11.4 Å². The lowest BCUT2D eigenvalue weighted by atomic mass is 10.3. The zero-order valence-electron chi connectivity index (χ0n) is 14.8. The number of amides is 2. The van der Waals surface area contributed by atoms with E-state index < -0.39 is 0 Å². The Morgan fingerprint density at radius 1 is 1.12 bits per heavy atom. The number of nitrogens with zero attached hydrogens (tertiary/aromatic N) is 1. The van der Waals surface area contributed by atoms with Gasteiger partial charge in [0.1, 0.15) is 5.75 Å². The van der Waals surface area contributed by atoms with Gasteiger partial charge >= 0.3 is 0 Å². The summed E-state index contributed by atoms with van der Waals surface area (Å²) in [7, 11) is 1.58. The van der Waals surface area contributed by atoms with Crippen LogP contribution in [0.5, 0.6) is 5.75 Å². The number of carbonyl (C=O) groups excluding carboxylic acids is 2. The van der Waals surface area contributed by atoms with Gasteiger partial charge in [0.2, 0.25) is 11.8 Å². The lowest BCUT2D eigenvalue weighted by molar-refractivity contribution is -0.131. The molecule has 0 bridgehead atoms. The Bertz CT molecular complexity index is 750. The average Bonchev–Trinajstić information content (AvgIpc) is 2.63. The van der Waals surface area contributed by atoms with E-state index in [-0.39, 0.29) is 24.9 Å². The number of halogens is 1. The minimum atomic E-state index is -0.310. The van der Waals surface area contributed by atoms with Crippen LogP contribution in [-0.2, 0) is 9.59 Å². The van der Waals surface area contributed by atoms with E-state index in [0.29, 0.717) is 17.3 Å². The van der Waals surface area contributed by atoms with Crippen molar-refractivity contribution in [3.05, 3.63) is 53.6 Å². The number of benzene rings is 2. The quantitative estimate of drug-likeness (QED) is 0.743. The molecular weight excluding hydrogens is 354 g/mol. The predicted octanol–water partition coefficient (Wildman–Crippen LogP) is 3.25. The van der Waals surface area contributed by atoms with Crippen molar-refractivity contribution in [2.45, 2.75) is 6.92 Å². The van der Waals surface area contributed by atoms with Crippen LogP contribution >= 0.6 is 11.6 Å². The maximum atomic E-state index is 12.2. The molecular formula is C19H22ClN3O3. The second-order valence-electron chi connectivity index (χ2n) is 5.59. The Labute approximate surface area is 158 Å². The summed E-state index contributed by atoms with van der Waals surface area (Å²) >= 11 is 6.00. The number of hydrogen-bond acceptors (Lipinski definition) is 4. The van der Waals surface area contributed by atoms with Gasteiger partial charge in [-0.1, -0.05) is 23.7 Å². The molecule has 2 rings (SSSR count). The fourth-order valence-corrected chi connectivity index (χ4v) is 2.39. The molecule has 2 aromatic carbocycles. The molecule has 0 aromatic heterocycles. The van der Waals surface area contributed by atoms with Gasteiger partial charge in [0.05, 0.1) is 30.4 Å². The summed E-state index contributed by atoms with van der Waals surface area (Å²) < 4.78 is 5.37. The number of hydrogen-bond donors (Lipinski definition) is 2. The third kappa shape index (κ3) is 5.97. The van der Waals surface area contributed by atoms with E-state index in [9.17, 15) is 9.59 Å². The van der Waals surface area contributed by atoms with Crippen molar-refractivity contribution in [3.8, 4) is 5.75 Å². The van der Waals surface area contributed by atoms with Crippen LogP contribution in [0.1, 0.15) is 6.92 Å². The Morgan fingerprint density at radius 3 is 2.46 bits per heavy atom. The largest absolute Gasteiger partial charge is 0.494 e. The van der Waals surface area contributed by atoms with Crippen molar-refractivity contribution in [3.63, 3.8) is 0 Å². The average molecular weight is 376 g/mol. The third-order valence-corrected chi connectivity index (χ3v) is 3.89. The number of para-hydroxylation sites is 1. The van der Waals surface area contributed by atoms with Gasteiger partial charge in [0, 0.05) is 12.7 Å². The summed E-state index contributed by atoms with van der Waals surface area (Å²) in [5, 5.41) is 6.17. The van der Waals surface area contributed by atoms with Crippen molar-refractivity contribution in [1.82, 2.24) is 4.90 Å². The van der Waals surface area contributed by atoms with E-state index in [1.165, 1.54) is 4.90 Å². The molecule has 0 aliphatic heterocycles. The molecule has 6 nitrogen and oxygen atoms in total. The molecule has 0 saturated heterocycles. The topological polar surface area (TPSA) is 70.7 Å². The summed E-state index contributed by atoms with van der Waals surface area (Å²) in [6.07, 6.45) is 0. The van der Waals surface area contributed by atoms with Crippen molar-refractivity contribution >= 4 is 34.8 Å². The van der Waals surface area contributed by atoms with Crippen molar-refractivity contribution < 1.29 is 14.3 Å². The van der Waals surface area contributed by atoms with E-state index >= 15 is 0 Å². The van der Waals surface area contributed by atoms with Gasteiger partial charge in [-0.05, 0) is 43.3 Å². The Hall–Kier alpha value is -2.73. The number of likely N-dealkylation sites (N-methyl/N-ethyl adjacent to an activating group) is 1. The second kappa shape index (κ2) is 9.68. The normalized spacial score (nSPS) is 10.1. The lowest BCUT2D eigenvalue weighted by Gasteiger charge is -2.18. The van der Waals surface area contributed by atoms with Gasteiger partial charge in [0.15, 0.2) is 0 Å². The Kier molecular flexibility index (Phi) is 7.29. The van der Waals surface area contributed by atoms with Crippen LogP contribution in [0.25, 0.3) is 0 Å². The van der Waals surface area contributed by atoms with Crippen molar-refractivity contribution in [2.75, 3.05) is 37.4 Å². The maximum Gasteiger partial charge on any atom is 0.244 e. The molecule has 0 spiro atoms. The standard InChI is InChI=1S/C19H22ClN3O3/c1-3-26-15-10-8-14(9-11-15)21-12-19(25)23(2)13-18(24)22-17-7-5-4-6-16(17)20/h4-11,21H,3,12-13H2,1-2H3,(H,22,24). The van der Waals surface area contributed by atoms with Crippen LogP contribution in [0.15, 0.2) is 48.5 Å². The first-order chi connectivity index (χ1) is 12.5. The number of anilines is 2. The molecule has 138 valence electrons. The van der Waals surface area contributed by atoms with E-state index in [0.717, 1.165) is 11.4 Å². The molecule has 2 amide bonds. The van der Waals surface area contributed by atoms with Crippen molar-refractivity contribution in [2.24, 2.45) is 0 Å². The molecule has 0 aliphatic carbocycles. The molecule has 2 aromatic rings. The maximum absolute atomic E-state index is 12.2. The molecule has 7 heteroatoms. The summed E-state index contributed by atoms with van der Waals surface area (Å²) in [6.45, 7) is 2.55. The van der Waals surface area contributed by atoms with Crippen LogP contribution in [0.2, 0.25) is 5.02 Å². The zero-order chi connectivity index (χ0) is 18.9. The van der Waals surface area contributed by atoms with E-state index in [1.807, 2.05) is 31.2 Å². The zero-order valence-corrected chi connectivity index (χ0v) is 15.5. The molecule has 2 N–H and O–H groups in total. The summed E-state index contributed by atoms with van der Waals surface area (Å²) in [6, 6.07) is 14.3. The van der Waals surface area contributed by atoms with Crippen molar-refractivity contribution in [1.29, 1.82) is 0 Å². The van der Waals surface area contributed by atoms with Gasteiger partial charge < -0.3 is 20.3 Å². The van der Waals surface area contributed by atoms with E-state index in [4.69, 9.17) is 16.3 Å².